The lowest BCUT2D eigenvalue weighted by Gasteiger charge is -1.96. The molecule has 0 saturated heterocycles. The molecule has 0 aromatic carbocycles. The van der Waals surface area contributed by atoms with Crippen LogP contribution < -0.4 is 5.73 Å². The summed E-state index contributed by atoms with van der Waals surface area (Å²) in [6.45, 7) is 0. The molecule has 2 nitrogen and oxygen atoms in total. The summed E-state index contributed by atoms with van der Waals surface area (Å²) in [5, 5.41) is 0.934. The lowest BCUT2D eigenvalue weighted by molar-refractivity contribution is 1.06. The third kappa shape index (κ3) is 1.99. The number of nitrogens with zero attached hydrogens (tertiary/aromatic N) is 1. The Morgan fingerprint density at radius 2 is 2.30 bits per heavy atom. The Bertz CT molecular complexity index is 213. The van der Waals surface area contributed by atoms with Gasteiger partial charge in [-0.1, -0.05) is 22.0 Å². The first-order valence-corrected chi connectivity index (χ1v) is 4.22. The molecule has 0 fully saturated rings. The third-order valence-corrected chi connectivity index (χ3v) is 1.58. The molecule has 0 radical (unpaired) electrons. The van der Waals surface area contributed by atoms with E-state index in [0.29, 0.717) is 5.82 Å². The maximum Gasteiger partial charge on any atom is 0.123 e. The van der Waals surface area contributed by atoms with Gasteiger partial charge in [0.15, 0.2) is 0 Å². The minimum absolute atomic E-state index is 0.596. The van der Waals surface area contributed by atoms with Gasteiger partial charge in [-0.05, 0) is 18.6 Å². The third-order valence-electron chi connectivity index (χ3n) is 1.18. The molecule has 2 N–H and O–H groups in total. The van der Waals surface area contributed by atoms with E-state index < -0.39 is 0 Å². The number of halogens is 1. The second-order valence-electron chi connectivity index (χ2n) is 1.99. The number of aromatic nitrogens is 1. The van der Waals surface area contributed by atoms with Crippen molar-refractivity contribution in [2.75, 3.05) is 11.1 Å². The van der Waals surface area contributed by atoms with Crippen LogP contribution in [-0.2, 0) is 6.42 Å². The van der Waals surface area contributed by atoms with Crippen LogP contribution in [0.25, 0.3) is 0 Å². The topological polar surface area (TPSA) is 38.9 Å². The van der Waals surface area contributed by atoms with Crippen molar-refractivity contribution in [3.63, 3.8) is 0 Å². The molecule has 0 atom stereocenters. The summed E-state index contributed by atoms with van der Waals surface area (Å²) in [5.74, 6) is 0.596. The summed E-state index contributed by atoms with van der Waals surface area (Å²) in [4.78, 5) is 4.11. The van der Waals surface area contributed by atoms with Gasteiger partial charge in [-0.25, -0.2) is 4.98 Å². The lowest BCUT2D eigenvalue weighted by Crippen LogP contribution is -1.95. The smallest absolute Gasteiger partial charge is 0.123 e. The Kier molecular flexibility index (Phi) is 2.68. The Labute approximate surface area is 68.6 Å². The van der Waals surface area contributed by atoms with Crippen LogP contribution in [0.4, 0.5) is 5.82 Å². The highest BCUT2D eigenvalue weighted by molar-refractivity contribution is 9.09. The Morgan fingerprint density at radius 1 is 1.50 bits per heavy atom. The van der Waals surface area contributed by atoms with E-state index in [1.165, 1.54) is 0 Å². The van der Waals surface area contributed by atoms with E-state index in [9.17, 15) is 0 Å². The van der Waals surface area contributed by atoms with E-state index in [0.717, 1.165) is 17.4 Å². The van der Waals surface area contributed by atoms with Gasteiger partial charge in [0.1, 0.15) is 5.82 Å². The maximum atomic E-state index is 5.46. The summed E-state index contributed by atoms with van der Waals surface area (Å²) in [5.41, 5.74) is 6.50. The Hall–Kier alpha value is -0.570. The van der Waals surface area contributed by atoms with Crippen molar-refractivity contribution in [2.45, 2.75) is 6.42 Å². The predicted octanol–water partition coefficient (Wildman–Crippen LogP) is 1.60. The summed E-state index contributed by atoms with van der Waals surface area (Å²) in [6, 6.07) is 5.68. The van der Waals surface area contributed by atoms with Crippen molar-refractivity contribution in [3.05, 3.63) is 23.9 Å². The molecule has 0 spiro atoms. The molecule has 1 heterocycles. The van der Waals surface area contributed by atoms with Crippen LogP contribution in [0.15, 0.2) is 18.2 Å². The van der Waals surface area contributed by atoms with E-state index in [1.807, 2.05) is 12.1 Å². The van der Waals surface area contributed by atoms with E-state index in [4.69, 9.17) is 5.73 Å². The zero-order valence-corrected chi connectivity index (χ0v) is 7.13. The summed E-state index contributed by atoms with van der Waals surface area (Å²) < 4.78 is 0. The first kappa shape index (κ1) is 7.54. The Morgan fingerprint density at radius 3 is 2.90 bits per heavy atom. The van der Waals surface area contributed by atoms with Crippen LogP contribution in [0.2, 0.25) is 0 Å². The van der Waals surface area contributed by atoms with Crippen molar-refractivity contribution in [2.24, 2.45) is 0 Å². The number of pyridine rings is 1. The fraction of sp³-hybridized carbons (Fsp3) is 0.286. The maximum absolute atomic E-state index is 5.46. The normalized spacial score (nSPS) is 9.70. The van der Waals surface area contributed by atoms with Crippen LogP contribution in [0.1, 0.15) is 5.69 Å². The van der Waals surface area contributed by atoms with Crippen LogP contribution in [0, 0.1) is 0 Å². The average Bonchev–Trinajstić information content (AvgIpc) is 1.88. The number of hydrogen-bond acceptors (Lipinski definition) is 2. The largest absolute Gasteiger partial charge is 0.384 e. The second-order valence-corrected chi connectivity index (χ2v) is 2.79. The van der Waals surface area contributed by atoms with Gasteiger partial charge in [-0.2, -0.15) is 0 Å². The monoisotopic (exact) mass is 200 g/mol. The molecule has 1 aromatic rings. The predicted molar refractivity (Wildman–Crippen MR) is 46.1 cm³/mol. The van der Waals surface area contributed by atoms with Crippen molar-refractivity contribution in [1.82, 2.24) is 4.98 Å². The number of hydrogen-bond donors (Lipinski definition) is 1. The average molecular weight is 201 g/mol. The van der Waals surface area contributed by atoms with E-state index in [1.54, 1.807) is 6.07 Å². The highest BCUT2D eigenvalue weighted by Gasteiger charge is 1.91. The molecule has 1 rings (SSSR count). The summed E-state index contributed by atoms with van der Waals surface area (Å²) in [6.07, 6.45) is 0.936. The number of nitrogen functional groups attached to an aromatic ring is 1. The van der Waals surface area contributed by atoms with Gasteiger partial charge in [0.05, 0.1) is 0 Å². The first-order valence-electron chi connectivity index (χ1n) is 3.10. The zero-order chi connectivity index (χ0) is 7.40. The highest BCUT2D eigenvalue weighted by Crippen LogP contribution is 2.01. The number of aryl methyl sites for hydroxylation is 1. The summed E-state index contributed by atoms with van der Waals surface area (Å²) in [7, 11) is 0. The Balaban J connectivity index is 2.75. The van der Waals surface area contributed by atoms with Gasteiger partial charge >= 0.3 is 0 Å². The zero-order valence-electron chi connectivity index (χ0n) is 5.55. The molecule has 54 valence electrons. The van der Waals surface area contributed by atoms with Crippen LogP contribution in [0.5, 0.6) is 0 Å². The second kappa shape index (κ2) is 3.56. The van der Waals surface area contributed by atoms with E-state index in [2.05, 4.69) is 20.9 Å². The molecule has 0 saturated carbocycles. The molecule has 1 aromatic heterocycles. The van der Waals surface area contributed by atoms with Crippen molar-refractivity contribution in [3.8, 4) is 0 Å². The van der Waals surface area contributed by atoms with Crippen LogP contribution >= 0.6 is 15.9 Å². The van der Waals surface area contributed by atoms with Crippen molar-refractivity contribution < 1.29 is 0 Å². The van der Waals surface area contributed by atoms with E-state index >= 15 is 0 Å². The van der Waals surface area contributed by atoms with Gasteiger partial charge in [0.25, 0.3) is 0 Å². The standard InChI is InChI=1S/C7H9BrN2/c8-5-4-6-2-1-3-7(9)10-6/h1-3H,4-5H2,(H2,9,10). The highest BCUT2D eigenvalue weighted by atomic mass is 79.9. The number of nitrogens with two attached hydrogens (primary N) is 1. The van der Waals surface area contributed by atoms with Crippen LogP contribution in [-0.4, -0.2) is 10.3 Å². The fourth-order valence-electron chi connectivity index (χ4n) is 0.734. The number of alkyl halides is 1. The van der Waals surface area contributed by atoms with Crippen molar-refractivity contribution >= 4 is 21.7 Å². The van der Waals surface area contributed by atoms with Gasteiger partial charge in [0.2, 0.25) is 0 Å². The van der Waals surface area contributed by atoms with Gasteiger partial charge in [-0.3, -0.25) is 0 Å². The van der Waals surface area contributed by atoms with E-state index in [-0.39, 0.29) is 0 Å². The molecule has 0 aliphatic heterocycles. The SMILES string of the molecule is Nc1cccc(CCBr)n1. The number of rotatable bonds is 2. The minimum atomic E-state index is 0.596. The molecule has 0 aliphatic carbocycles. The lowest BCUT2D eigenvalue weighted by atomic mass is 10.3. The molecule has 0 amide bonds. The quantitative estimate of drug-likeness (QED) is 0.738. The molecule has 10 heavy (non-hydrogen) atoms. The van der Waals surface area contributed by atoms with Gasteiger partial charge in [0, 0.05) is 11.0 Å². The van der Waals surface area contributed by atoms with Crippen LogP contribution in [0.3, 0.4) is 0 Å². The molecular weight excluding hydrogens is 192 g/mol. The molecule has 0 bridgehead atoms. The minimum Gasteiger partial charge on any atom is -0.384 e. The molecule has 0 aliphatic rings. The molecule has 0 unspecified atom stereocenters. The van der Waals surface area contributed by atoms with Gasteiger partial charge < -0.3 is 5.73 Å². The molecular formula is C7H9BrN2. The summed E-state index contributed by atoms with van der Waals surface area (Å²) >= 11 is 3.33. The first-order chi connectivity index (χ1) is 4.83. The fourth-order valence-corrected chi connectivity index (χ4v) is 1.14. The number of anilines is 1. The van der Waals surface area contributed by atoms with Gasteiger partial charge in [-0.15, -0.1) is 0 Å². The van der Waals surface area contributed by atoms with Crippen molar-refractivity contribution in [1.29, 1.82) is 0 Å². The molecule has 3 heteroatoms.